The number of rotatable bonds is 0. The lowest BCUT2D eigenvalue weighted by Crippen LogP contribution is -2.28. The van der Waals surface area contributed by atoms with Crippen molar-refractivity contribution in [2.75, 3.05) is 0 Å². The van der Waals surface area contributed by atoms with E-state index in [9.17, 15) is 4.79 Å². The van der Waals surface area contributed by atoms with E-state index in [4.69, 9.17) is 17.5 Å². The summed E-state index contributed by atoms with van der Waals surface area (Å²) in [7, 11) is 0. The van der Waals surface area contributed by atoms with E-state index in [2.05, 4.69) is 18.8 Å². The largest absolute Gasteiger partial charge is 0.348 e. The molecular weight excluding hydrogens is 220 g/mol. The van der Waals surface area contributed by atoms with E-state index in [-0.39, 0.29) is 11.2 Å². The standard InChI is InChI=1S/C12H12N2OS/c1-12(2)4-9-8(10(15)5-12)3-7(6-13)11(16)14-9/h3H,4-5H2,1-2H3,(H,14,16). The smallest absolute Gasteiger partial charge is 0.165 e. The average molecular weight is 232 g/mol. The maximum absolute atomic E-state index is 11.9. The number of hydrogen-bond donors (Lipinski definition) is 1. The number of H-pyrrole nitrogens is 1. The first-order chi connectivity index (χ1) is 7.43. The van der Waals surface area contributed by atoms with E-state index < -0.39 is 0 Å². The maximum Gasteiger partial charge on any atom is 0.165 e. The molecule has 0 radical (unpaired) electrons. The summed E-state index contributed by atoms with van der Waals surface area (Å²) in [5.74, 6) is 0.0917. The summed E-state index contributed by atoms with van der Waals surface area (Å²) in [6.45, 7) is 4.12. The number of pyridine rings is 1. The Bertz CT molecular complexity index is 563. The Kier molecular flexibility index (Phi) is 2.43. The van der Waals surface area contributed by atoms with Crippen molar-refractivity contribution in [3.05, 3.63) is 27.5 Å². The van der Waals surface area contributed by atoms with Crippen molar-refractivity contribution < 1.29 is 4.79 Å². The lowest BCUT2D eigenvalue weighted by Gasteiger charge is -2.29. The van der Waals surface area contributed by atoms with Gasteiger partial charge in [0.1, 0.15) is 10.7 Å². The summed E-state index contributed by atoms with van der Waals surface area (Å²) in [4.78, 5) is 14.9. The van der Waals surface area contributed by atoms with E-state index in [0.717, 1.165) is 12.1 Å². The molecule has 1 aromatic heterocycles. The van der Waals surface area contributed by atoms with Crippen molar-refractivity contribution in [1.29, 1.82) is 5.26 Å². The van der Waals surface area contributed by atoms with Gasteiger partial charge in [-0.2, -0.15) is 5.26 Å². The predicted octanol–water partition coefficient (Wildman–Crippen LogP) is 2.77. The second-order valence-corrected chi connectivity index (χ2v) is 5.37. The van der Waals surface area contributed by atoms with Gasteiger partial charge in [0.25, 0.3) is 0 Å². The first kappa shape index (κ1) is 11.0. The minimum atomic E-state index is -0.0312. The zero-order valence-electron chi connectivity index (χ0n) is 9.26. The second kappa shape index (κ2) is 3.53. The fourth-order valence-corrected chi connectivity index (χ4v) is 2.34. The van der Waals surface area contributed by atoms with Gasteiger partial charge in [-0.1, -0.05) is 26.1 Å². The normalized spacial score (nSPS) is 17.7. The van der Waals surface area contributed by atoms with E-state index in [0.29, 0.717) is 22.2 Å². The van der Waals surface area contributed by atoms with Crippen LogP contribution in [0.5, 0.6) is 0 Å². The molecule has 0 unspecified atom stereocenters. The Hall–Kier alpha value is -1.47. The van der Waals surface area contributed by atoms with Crippen LogP contribution in [0, 0.1) is 21.4 Å². The number of hydrogen-bond acceptors (Lipinski definition) is 3. The lowest BCUT2D eigenvalue weighted by molar-refractivity contribution is 0.0910. The van der Waals surface area contributed by atoms with Crippen molar-refractivity contribution in [2.24, 2.45) is 5.41 Å². The van der Waals surface area contributed by atoms with Crippen LogP contribution >= 0.6 is 12.2 Å². The summed E-state index contributed by atoms with van der Waals surface area (Å²) >= 11 is 5.06. The number of nitrogens with zero attached hydrogens (tertiary/aromatic N) is 1. The monoisotopic (exact) mass is 232 g/mol. The highest BCUT2D eigenvalue weighted by Crippen LogP contribution is 2.33. The van der Waals surface area contributed by atoms with E-state index in [1.54, 1.807) is 6.07 Å². The first-order valence-corrected chi connectivity index (χ1v) is 5.53. The van der Waals surface area contributed by atoms with Gasteiger partial charge in [0.2, 0.25) is 0 Å². The molecule has 0 amide bonds. The predicted molar refractivity (Wildman–Crippen MR) is 62.8 cm³/mol. The summed E-state index contributed by atoms with van der Waals surface area (Å²) in [6, 6.07) is 3.62. The van der Waals surface area contributed by atoms with Gasteiger partial charge in [0.05, 0.1) is 5.56 Å². The van der Waals surface area contributed by atoms with Crippen LogP contribution in [0.4, 0.5) is 0 Å². The minimum absolute atomic E-state index is 0.0312. The van der Waals surface area contributed by atoms with Crippen LogP contribution in [-0.2, 0) is 6.42 Å². The van der Waals surface area contributed by atoms with Gasteiger partial charge in [-0.3, -0.25) is 4.79 Å². The molecular formula is C12H12N2OS. The van der Waals surface area contributed by atoms with Crippen LogP contribution < -0.4 is 0 Å². The lowest BCUT2D eigenvalue weighted by atomic mass is 9.75. The van der Waals surface area contributed by atoms with Gasteiger partial charge >= 0.3 is 0 Å². The Morgan fingerprint density at radius 2 is 2.19 bits per heavy atom. The van der Waals surface area contributed by atoms with Gasteiger partial charge in [-0.25, -0.2) is 0 Å². The number of fused-ring (bicyclic) bond motifs is 1. The van der Waals surface area contributed by atoms with Gasteiger partial charge in [-0.15, -0.1) is 0 Å². The van der Waals surface area contributed by atoms with Crippen LogP contribution in [0.2, 0.25) is 0 Å². The Labute approximate surface area is 99.1 Å². The molecule has 0 spiro atoms. The van der Waals surface area contributed by atoms with Crippen molar-refractivity contribution >= 4 is 18.0 Å². The molecule has 0 aliphatic heterocycles. The fraction of sp³-hybridized carbons (Fsp3) is 0.417. The topological polar surface area (TPSA) is 56.6 Å². The number of carbonyl (C=O) groups excluding carboxylic acids is 1. The third-order valence-electron chi connectivity index (χ3n) is 2.84. The highest BCUT2D eigenvalue weighted by Gasteiger charge is 2.31. The van der Waals surface area contributed by atoms with E-state index >= 15 is 0 Å². The van der Waals surface area contributed by atoms with Crippen molar-refractivity contribution in [2.45, 2.75) is 26.7 Å². The zero-order valence-corrected chi connectivity index (χ0v) is 10.1. The number of aromatic amines is 1. The fourth-order valence-electron chi connectivity index (χ4n) is 2.11. The minimum Gasteiger partial charge on any atom is -0.348 e. The van der Waals surface area contributed by atoms with Crippen LogP contribution in [0.1, 0.15) is 41.9 Å². The van der Waals surface area contributed by atoms with Crippen molar-refractivity contribution in [1.82, 2.24) is 4.98 Å². The van der Waals surface area contributed by atoms with E-state index in [1.807, 2.05) is 6.07 Å². The summed E-state index contributed by atoms with van der Waals surface area (Å²) in [6.07, 6.45) is 1.32. The summed E-state index contributed by atoms with van der Waals surface area (Å²) in [5, 5.41) is 8.86. The Balaban J connectivity index is 2.64. The quantitative estimate of drug-likeness (QED) is 0.700. The molecule has 0 saturated heterocycles. The van der Waals surface area contributed by atoms with Gasteiger partial charge in [0, 0.05) is 17.7 Å². The molecule has 1 aliphatic carbocycles. The Morgan fingerprint density at radius 1 is 1.50 bits per heavy atom. The molecule has 0 aromatic carbocycles. The maximum atomic E-state index is 11.9. The number of ketones is 1. The zero-order chi connectivity index (χ0) is 11.9. The number of Topliss-reactive ketones (excluding diaryl/α,β-unsaturated/α-hetero) is 1. The molecule has 82 valence electrons. The van der Waals surface area contributed by atoms with Gasteiger partial charge in [0.15, 0.2) is 5.78 Å². The third kappa shape index (κ3) is 1.79. The van der Waals surface area contributed by atoms with Crippen LogP contribution in [0.3, 0.4) is 0 Å². The Morgan fingerprint density at radius 3 is 2.81 bits per heavy atom. The van der Waals surface area contributed by atoms with Crippen molar-refractivity contribution in [3.8, 4) is 6.07 Å². The molecule has 1 aromatic rings. The van der Waals surface area contributed by atoms with Crippen LogP contribution in [0.25, 0.3) is 0 Å². The summed E-state index contributed by atoms with van der Waals surface area (Å²) < 4.78 is 0.423. The molecule has 0 fully saturated rings. The van der Waals surface area contributed by atoms with E-state index in [1.165, 1.54) is 0 Å². The highest BCUT2D eigenvalue weighted by atomic mass is 32.1. The summed E-state index contributed by atoms with van der Waals surface area (Å²) in [5.41, 5.74) is 1.84. The third-order valence-corrected chi connectivity index (χ3v) is 3.16. The number of nitriles is 1. The molecule has 4 heteroatoms. The van der Waals surface area contributed by atoms with Gasteiger partial charge in [-0.05, 0) is 17.9 Å². The molecule has 3 nitrogen and oxygen atoms in total. The number of aromatic nitrogens is 1. The van der Waals surface area contributed by atoms with Gasteiger partial charge < -0.3 is 4.98 Å². The molecule has 0 bridgehead atoms. The molecule has 16 heavy (non-hydrogen) atoms. The first-order valence-electron chi connectivity index (χ1n) is 5.12. The molecule has 1 heterocycles. The highest BCUT2D eigenvalue weighted by molar-refractivity contribution is 7.71. The van der Waals surface area contributed by atoms with Crippen LogP contribution in [-0.4, -0.2) is 10.8 Å². The molecule has 1 N–H and O–H groups in total. The SMILES string of the molecule is CC1(C)CC(=O)c2cc(C#N)c(=S)[nH]c2C1. The van der Waals surface area contributed by atoms with Crippen LogP contribution in [0.15, 0.2) is 6.07 Å². The number of carbonyl (C=O) groups is 1. The molecule has 0 saturated carbocycles. The molecule has 0 atom stereocenters. The molecule has 1 aliphatic rings. The number of nitrogens with one attached hydrogen (secondary N) is 1. The second-order valence-electron chi connectivity index (χ2n) is 4.96. The average Bonchev–Trinajstić information content (AvgIpc) is 2.14. The van der Waals surface area contributed by atoms with Crippen molar-refractivity contribution in [3.63, 3.8) is 0 Å². The molecule has 2 rings (SSSR count).